The molecule has 0 amide bonds. The van der Waals surface area contributed by atoms with Gasteiger partial charge in [-0.1, -0.05) is 29.3 Å². The molecular formula is C10H7BrCl2N2. The molecule has 0 fully saturated rings. The lowest BCUT2D eigenvalue weighted by Gasteiger charge is -2.03. The highest BCUT2D eigenvalue weighted by atomic mass is 79.9. The van der Waals surface area contributed by atoms with E-state index in [1.54, 1.807) is 12.4 Å². The summed E-state index contributed by atoms with van der Waals surface area (Å²) in [5.41, 5.74) is 2.02. The van der Waals surface area contributed by atoms with E-state index in [0.29, 0.717) is 16.5 Å². The van der Waals surface area contributed by atoms with Gasteiger partial charge in [-0.15, -0.1) is 0 Å². The first kappa shape index (κ1) is 11.0. The summed E-state index contributed by atoms with van der Waals surface area (Å²) < 4.78 is 0.813. The van der Waals surface area contributed by atoms with E-state index in [9.17, 15) is 0 Å². The summed E-state index contributed by atoms with van der Waals surface area (Å²) in [5.74, 6) is 0. The average Bonchev–Trinajstić information content (AvgIpc) is 2.57. The van der Waals surface area contributed by atoms with Gasteiger partial charge in [0.15, 0.2) is 0 Å². The van der Waals surface area contributed by atoms with Crippen LogP contribution in [0.5, 0.6) is 0 Å². The molecule has 1 aromatic carbocycles. The number of halogens is 3. The lowest BCUT2D eigenvalue weighted by molar-refractivity contribution is 1.10. The molecular weight excluding hydrogens is 299 g/mol. The number of aromatic amines is 1. The predicted molar refractivity (Wildman–Crippen MR) is 65.6 cm³/mol. The van der Waals surface area contributed by atoms with Crippen molar-refractivity contribution < 1.29 is 0 Å². The van der Waals surface area contributed by atoms with Crippen LogP contribution in [0.25, 0.3) is 0 Å². The first-order chi connectivity index (χ1) is 7.16. The lowest BCUT2D eigenvalue weighted by Crippen LogP contribution is -1.90. The van der Waals surface area contributed by atoms with Crippen molar-refractivity contribution in [3.63, 3.8) is 0 Å². The standard InChI is InChI=1S/C10H7BrCl2N2/c11-10-9(14-5-15-10)3-6-1-2-7(12)4-8(6)13/h1-2,4-5H,3H2,(H,14,15). The van der Waals surface area contributed by atoms with Gasteiger partial charge >= 0.3 is 0 Å². The van der Waals surface area contributed by atoms with Crippen molar-refractivity contribution in [3.05, 3.63) is 50.4 Å². The Balaban J connectivity index is 2.29. The molecule has 0 radical (unpaired) electrons. The molecule has 0 saturated carbocycles. The quantitative estimate of drug-likeness (QED) is 0.890. The van der Waals surface area contributed by atoms with Crippen molar-refractivity contribution in [2.75, 3.05) is 0 Å². The van der Waals surface area contributed by atoms with Gasteiger partial charge in [0.25, 0.3) is 0 Å². The van der Waals surface area contributed by atoms with Crippen LogP contribution < -0.4 is 0 Å². The Labute approximate surface area is 106 Å². The van der Waals surface area contributed by atoms with Gasteiger partial charge in [-0.2, -0.15) is 0 Å². The first-order valence-corrected chi connectivity index (χ1v) is 5.83. The zero-order valence-electron chi connectivity index (χ0n) is 7.60. The zero-order chi connectivity index (χ0) is 10.8. The fourth-order valence-electron chi connectivity index (χ4n) is 1.28. The summed E-state index contributed by atoms with van der Waals surface area (Å²) >= 11 is 15.2. The Kier molecular flexibility index (Phi) is 3.34. The number of nitrogens with one attached hydrogen (secondary N) is 1. The third-order valence-electron chi connectivity index (χ3n) is 2.05. The number of rotatable bonds is 2. The topological polar surface area (TPSA) is 28.7 Å². The van der Waals surface area contributed by atoms with Crippen LogP contribution in [0.2, 0.25) is 10.0 Å². The average molecular weight is 306 g/mol. The van der Waals surface area contributed by atoms with Crippen molar-refractivity contribution in [3.8, 4) is 0 Å². The van der Waals surface area contributed by atoms with Gasteiger partial charge in [-0.05, 0) is 33.6 Å². The van der Waals surface area contributed by atoms with Gasteiger partial charge in [-0.3, -0.25) is 0 Å². The highest BCUT2D eigenvalue weighted by Gasteiger charge is 2.06. The molecule has 0 unspecified atom stereocenters. The second kappa shape index (κ2) is 4.56. The largest absolute Gasteiger partial charge is 0.347 e. The van der Waals surface area contributed by atoms with Crippen LogP contribution in [0.4, 0.5) is 0 Å². The van der Waals surface area contributed by atoms with E-state index < -0.39 is 0 Å². The molecule has 0 saturated heterocycles. The van der Waals surface area contributed by atoms with Crippen LogP contribution in [0.15, 0.2) is 29.1 Å². The third kappa shape index (κ3) is 2.54. The van der Waals surface area contributed by atoms with Gasteiger partial charge in [-0.25, -0.2) is 4.98 Å². The SMILES string of the molecule is Clc1ccc(Cc2[nH]cnc2Br)c(Cl)c1. The first-order valence-electron chi connectivity index (χ1n) is 4.28. The van der Waals surface area contributed by atoms with Crippen LogP contribution in [0.3, 0.4) is 0 Å². The summed E-state index contributed by atoms with van der Waals surface area (Å²) in [6.07, 6.45) is 2.35. The Bertz CT molecular complexity index is 482. The lowest BCUT2D eigenvalue weighted by atomic mass is 10.1. The molecule has 0 aliphatic rings. The zero-order valence-corrected chi connectivity index (χ0v) is 10.7. The maximum Gasteiger partial charge on any atom is 0.127 e. The number of hydrogen-bond donors (Lipinski definition) is 1. The fourth-order valence-corrected chi connectivity index (χ4v) is 2.12. The molecule has 0 spiro atoms. The maximum absolute atomic E-state index is 6.06. The van der Waals surface area contributed by atoms with E-state index in [1.807, 2.05) is 12.1 Å². The van der Waals surface area contributed by atoms with Crippen LogP contribution >= 0.6 is 39.1 Å². The molecule has 1 heterocycles. The number of nitrogens with zero attached hydrogens (tertiary/aromatic N) is 1. The molecule has 2 aromatic rings. The molecule has 0 aliphatic carbocycles. The van der Waals surface area contributed by atoms with Crippen molar-refractivity contribution in [2.24, 2.45) is 0 Å². The van der Waals surface area contributed by atoms with Crippen LogP contribution in [-0.4, -0.2) is 9.97 Å². The molecule has 15 heavy (non-hydrogen) atoms. The number of H-pyrrole nitrogens is 1. The molecule has 0 atom stereocenters. The monoisotopic (exact) mass is 304 g/mol. The highest BCUT2D eigenvalue weighted by Crippen LogP contribution is 2.24. The number of benzene rings is 1. The normalized spacial score (nSPS) is 10.6. The molecule has 78 valence electrons. The predicted octanol–water partition coefficient (Wildman–Crippen LogP) is 4.07. The van der Waals surface area contributed by atoms with Gasteiger partial charge < -0.3 is 4.98 Å². The van der Waals surface area contributed by atoms with Gasteiger partial charge in [0.2, 0.25) is 0 Å². The number of imidazole rings is 1. The third-order valence-corrected chi connectivity index (χ3v) is 3.32. The highest BCUT2D eigenvalue weighted by molar-refractivity contribution is 9.10. The minimum absolute atomic E-state index is 0.646. The van der Waals surface area contributed by atoms with Crippen LogP contribution in [-0.2, 0) is 6.42 Å². The Morgan fingerprint density at radius 2 is 2.13 bits per heavy atom. The smallest absolute Gasteiger partial charge is 0.127 e. The van der Waals surface area contributed by atoms with E-state index in [1.165, 1.54) is 0 Å². The molecule has 2 rings (SSSR count). The van der Waals surface area contributed by atoms with Crippen molar-refractivity contribution in [1.82, 2.24) is 9.97 Å². The molecule has 0 bridgehead atoms. The number of aromatic nitrogens is 2. The minimum atomic E-state index is 0.646. The molecule has 1 aromatic heterocycles. The van der Waals surface area contributed by atoms with E-state index in [-0.39, 0.29) is 0 Å². The molecule has 5 heteroatoms. The van der Waals surface area contributed by atoms with E-state index >= 15 is 0 Å². The van der Waals surface area contributed by atoms with E-state index in [4.69, 9.17) is 23.2 Å². The fraction of sp³-hybridized carbons (Fsp3) is 0.100. The second-order valence-electron chi connectivity index (χ2n) is 3.08. The van der Waals surface area contributed by atoms with Gasteiger partial charge in [0.1, 0.15) is 4.60 Å². The minimum Gasteiger partial charge on any atom is -0.347 e. The van der Waals surface area contributed by atoms with Crippen molar-refractivity contribution in [1.29, 1.82) is 0 Å². The van der Waals surface area contributed by atoms with Crippen LogP contribution in [0, 0.1) is 0 Å². The summed E-state index contributed by atoms with van der Waals surface area (Å²) in [5, 5.41) is 1.32. The molecule has 2 nitrogen and oxygen atoms in total. The van der Waals surface area contributed by atoms with E-state index in [2.05, 4.69) is 25.9 Å². The van der Waals surface area contributed by atoms with E-state index in [0.717, 1.165) is 15.9 Å². The van der Waals surface area contributed by atoms with Crippen molar-refractivity contribution >= 4 is 39.1 Å². The maximum atomic E-state index is 6.06. The summed E-state index contributed by atoms with van der Waals surface area (Å²) in [7, 11) is 0. The second-order valence-corrected chi connectivity index (χ2v) is 4.68. The van der Waals surface area contributed by atoms with Gasteiger partial charge in [0, 0.05) is 16.5 Å². The summed E-state index contributed by atoms with van der Waals surface area (Å²) in [4.78, 5) is 7.10. The summed E-state index contributed by atoms with van der Waals surface area (Å²) in [6.45, 7) is 0. The Hall–Kier alpha value is -0.510. The molecule has 0 aliphatic heterocycles. The van der Waals surface area contributed by atoms with Gasteiger partial charge in [0.05, 0.1) is 12.0 Å². The Morgan fingerprint density at radius 1 is 1.33 bits per heavy atom. The Morgan fingerprint density at radius 3 is 2.73 bits per heavy atom. The summed E-state index contributed by atoms with van der Waals surface area (Å²) in [6, 6.07) is 5.48. The number of hydrogen-bond acceptors (Lipinski definition) is 1. The van der Waals surface area contributed by atoms with Crippen molar-refractivity contribution in [2.45, 2.75) is 6.42 Å². The molecule has 1 N–H and O–H groups in total. The van der Waals surface area contributed by atoms with Crippen LogP contribution in [0.1, 0.15) is 11.3 Å².